The van der Waals surface area contributed by atoms with Crippen molar-refractivity contribution in [3.63, 3.8) is 0 Å². The lowest BCUT2D eigenvalue weighted by Crippen LogP contribution is -2.78. The Balaban J connectivity index is 1.23. The standard InChI is InChI=1S/C29H34N2O5/c1-30(24(33)17-35-20-5-3-2-4-6-20)21-11-12-29(34)23-15-19-9-10-22(32)26-25(19)28(29,27(21)36-26)13-14-31(23)16-18-7-8-18/h2-6,9-10,18,21,23,27,32,34H,7-8,11-17H2,1H3/t21-,23+,27+,28+,29-/m1/s1. The average Bonchev–Trinajstić information content (AvgIpc) is 3.63. The van der Waals surface area contributed by atoms with E-state index in [0.717, 1.165) is 37.4 Å². The summed E-state index contributed by atoms with van der Waals surface area (Å²) in [7, 11) is 1.82. The molecule has 5 atom stereocenters. The summed E-state index contributed by atoms with van der Waals surface area (Å²) in [6, 6.07) is 12.9. The smallest absolute Gasteiger partial charge is 0.260 e. The van der Waals surface area contributed by atoms with Crippen LogP contribution < -0.4 is 9.47 Å². The number of phenolic OH excluding ortho intramolecular Hbond substituents is 1. The van der Waals surface area contributed by atoms with Crippen molar-refractivity contribution in [3.8, 4) is 17.2 Å². The predicted octanol–water partition coefficient (Wildman–Crippen LogP) is 2.86. The Hall–Kier alpha value is -2.77. The van der Waals surface area contributed by atoms with Gasteiger partial charge >= 0.3 is 0 Å². The minimum atomic E-state index is -0.947. The minimum absolute atomic E-state index is 0.0318. The highest BCUT2D eigenvalue weighted by molar-refractivity contribution is 5.78. The summed E-state index contributed by atoms with van der Waals surface area (Å²) in [5, 5.41) is 23.4. The van der Waals surface area contributed by atoms with E-state index < -0.39 is 17.1 Å². The number of likely N-dealkylation sites (N-methyl/N-ethyl adjacent to an activating group) is 1. The fourth-order valence-electron chi connectivity index (χ4n) is 7.80. The third-order valence-corrected chi connectivity index (χ3v) is 9.73. The highest BCUT2D eigenvalue weighted by Crippen LogP contribution is 2.66. The van der Waals surface area contributed by atoms with Crippen LogP contribution in [0.3, 0.4) is 0 Å². The van der Waals surface area contributed by atoms with E-state index in [2.05, 4.69) is 4.90 Å². The number of aromatic hydroxyl groups is 1. The second-order valence-corrected chi connectivity index (χ2v) is 11.5. The molecule has 2 aliphatic heterocycles. The third kappa shape index (κ3) is 3.02. The maximum absolute atomic E-state index is 13.3. The number of phenols is 1. The van der Waals surface area contributed by atoms with Crippen LogP contribution >= 0.6 is 0 Å². The van der Waals surface area contributed by atoms with Gasteiger partial charge in [0.2, 0.25) is 0 Å². The fourth-order valence-corrected chi connectivity index (χ4v) is 7.80. The Morgan fingerprint density at radius 2 is 1.97 bits per heavy atom. The van der Waals surface area contributed by atoms with Crippen LogP contribution in [0.15, 0.2) is 42.5 Å². The average molecular weight is 491 g/mol. The molecule has 5 aliphatic rings. The zero-order chi connectivity index (χ0) is 24.7. The first-order valence-electron chi connectivity index (χ1n) is 13.3. The lowest BCUT2D eigenvalue weighted by Gasteiger charge is -2.64. The van der Waals surface area contributed by atoms with Gasteiger partial charge in [0.1, 0.15) is 11.9 Å². The maximum atomic E-state index is 13.3. The Labute approximate surface area is 211 Å². The molecule has 3 fully saturated rings. The van der Waals surface area contributed by atoms with Gasteiger partial charge in [-0.15, -0.1) is 0 Å². The topological polar surface area (TPSA) is 82.5 Å². The number of likely N-dealkylation sites (tertiary alicyclic amines) is 1. The first-order chi connectivity index (χ1) is 17.4. The molecule has 2 N–H and O–H groups in total. The molecular weight excluding hydrogens is 456 g/mol. The molecule has 1 saturated heterocycles. The van der Waals surface area contributed by atoms with Gasteiger partial charge in [-0.05, 0) is 74.8 Å². The lowest BCUT2D eigenvalue weighted by atomic mass is 9.48. The molecule has 0 radical (unpaired) electrons. The number of rotatable bonds is 6. The predicted molar refractivity (Wildman–Crippen MR) is 133 cm³/mol. The van der Waals surface area contributed by atoms with Crippen LogP contribution in [0.4, 0.5) is 0 Å². The van der Waals surface area contributed by atoms with Gasteiger partial charge in [0.05, 0.1) is 17.1 Å². The minimum Gasteiger partial charge on any atom is -0.504 e. The van der Waals surface area contributed by atoms with Gasteiger partial charge in [-0.25, -0.2) is 0 Å². The molecule has 0 unspecified atom stereocenters. The number of hydrogen-bond acceptors (Lipinski definition) is 6. The number of nitrogens with zero attached hydrogens (tertiary/aromatic N) is 2. The monoisotopic (exact) mass is 490 g/mol. The summed E-state index contributed by atoms with van der Waals surface area (Å²) < 4.78 is 12.3. The van der Waals surface area contributed by atoms with Crippen molar-refractivity contribution in [3.05, 3.63) is 53.6 Å². The van der Waals surface area contributed by atoms with E-state index in [-0.39, 0.29) is 30.3 Å². The zero-order valence-corrected chi connectivity index (χ0v) is 20.7. The number of aliphatic hydroxyl groups is 1. The van der Waals surface area contributed by atoms with Gasteiger partial charge in [0, 0.05) is 25.2 Å². The summed E-state index contributed by atoms with van der Waals surface area (Å²) in [5.41, 5.74) is 0.584. The van der Waals surface area contributed by atoms with Gasteiger partial charge in [0.25, 0.3) is 5.91 Å². The van der Waals surface area contributed by atoms with E-state index in [1.54, 1.807) is 11.0 Å². The van der Waals surface area contributed by atoms with Crippen molar-refractivity contribution in [1.29, 1.82) is 0 Å². The largest absolute Gasteiger partial charge is 0.504 e. The maximum Gasteiger partial charge on any atom is 0.260 e. The number of carbonyl (C=O) groups excluding carboxylic acids is 1. The van der Waals surface area contributed by atoms with Gasteiger partial charge < -0.3 is 24.6 Å². The van der Waals surface area contributed by atoms with Crippen LogP contribution in [0.1, 0.15) is 43.2 Å². The molecule has 3 aliphatic carbocycles. The summed E-state index contributed by atoms with van der Waals surface area (Å²) in [4.78, 5) is 17.5. The Kier molecular flexibility index (Phi) is 4.90. The molecule has 190 valence electrons. The molecule has 2 saturated carbocycles. The number of para-hydroxylation sites is 1. The van der Waals surface area contributed by atoms with E-state index in [0.29, 0.717) is 24.3 Å². The summed E-state index contributed by atoms with van der Waals surface area (Å²) >= 11 is 0. The summed E-state index contributed by atoms with van der Waals surface area (Å²) in [5.74, 6) is 1.93. The number of amides is 1. The van der Waals surface area contributed by atoms with Gasteiger partial charge in [0.15, 0.2) is 18.1 Å². The molecule has 2 aromatic carbocycles. The van der Waals surface area contributed by atoms with Crippen molar-refractivity contribution in [2.45, 2.75) is 67.7 Å². The first-order valence-corrected chi connectivity index (χ1v) is 13.3. The van der Waals surface area contributed by atoms with Gasteiger partial charge in [-0.2, -0.15) is 0 Å². The van der Waals surface area contributed by atoms with E-state index in [1.165, 1.54) is 18.4 Å². The van der Waals surface area contributed by atoms with Gasteiger partial charge in [-0.1, -0.05) is 24.3 Å². The molecule has 2 aromatic rings. The zero-order valence-electron chi connectivity index (χ0n) is 20.7. The molecule has 1 amide bonds. The molecule has 7 nitrogen and oxygen atoms in total. The molecule has 0 aromatic heterocycles. The Morgan fingerprint density at radius 1 is 1.17 bits per heavy atom. The number of ether oxygens (including phenoxy) is 2. The summed E-state index contributed by atoms with van der Waals surface area (Å²) in [6.45, 7) is 1.90. The van der Waals surface area contributed by atoms with E-state index in [4.69, 9.17) is 9.47 Å². The van der Waals surface area contributed by atoms with Gasteiger partial charge in [-0.3, -0.25) is 9.69 Å². The van der Waals surface area contributed by atoms with Crippen molar-refractivity contribution in [2.24, 2.45) is 5.92 Å². The number of hydrogen-bond donors (Lipinski definition) is 2. The Morgan fingerprint density at radius 3 is 2.75 bits per heavy atom. The Bertz CT molecular complexity index is 1200. The fraction of sp³-hybridized carbons (Fsp3) is 0.552. The van der Waals surface area contributed by atoms with Crippen molar-refractivity contribution in [2.75, 3.05) is 26.7 Å². The molecule has 7 rings (SSSR count). The number of benzene rings is 2. The van der Waals surface area contributed by atoms with Crippen LogP contribution in [0.5, 0.6) is 17.2 Å². The molecule has 7 heteroatoms. The lowest BCUT2D eigenvalue weighted by molar-refractivity contribution is -0.200. The summed E-state index contributed by atoms with van der Waals surface area (Å²) in [6.07, 6.45) is 4.95. The highest BCUT2D eigenvalue weighted by atomic mass is 16.5. The molecule has 2 heterocycles. The number of piperidine rings is 1. The van der Waals surface area contributed by atoms with Crippen molar-refractivity contribution in [1.82, 2.24) is 9.80 Å². The van der Waals surface area contributed by atoms with E-state index in [9.17, 15) is 15.0 Å². The van der Waals surface area contributed by atoms with Crippen LogP contribution in [0.2, 0.25) is 0 Å². The second kappa shape index (κ2) is 7.86. The first kappa shape index (κ1) is 22.4. The van der Waals surface area contributed by atoms with E-state index in [1.807, 2.05) is 43.4 Å². The SMILES string of the molecule is CN(C(=O)COc1ccccc1)[C@@H]1CC[C@@]2(O)[C@@H]3Cc4ccc(O)c5c4[C@@]2(CCN3CC2CC2)[C@H]1O5. The molecule has 2 bridgehead atoms. The van der Waals surface area contributed by atoms with Crippen LogP contribution in [0.25, 0.3) is 0 Å². The quantitative estimate of drug-likeness (QED) is 0.648. The molecule has 1 spiro atoms. The third-order valence-electron chi connectivity index (χ3n) is 9.73. The van der Waals surface area contributed by atoms with Crippen LogP contribution in [-0.4, -0.2) is 76.5 Å². The van der Waals surface area contributed by atoms with E-state index >= 15 is 0 Å². The van der Waals surface area contributed by atoms with Crippen LogP contribution in [0, 0.1) is 5.92 Å². The van der Waals surface area contributed by atoms with Crippen molar-refractivity contribution >= 4 is 5.91 Å². The second-order valence-electron chi connectivity index (χ2n) is 11.5. The normalized spacial score (nSPS) is 34.0. The molecule has 36 heavy (non-hydrogen) atoms. The van der Waals surface area contributed by atoms with Crippen LogP contribution in [-0.2, 0) is 16.6 Å². The highest BCUT2D eigenvalue weighted by Gasteiger charge is 2.73. The number of carbonyl (C=O) groups is 1. The van der Waals surface area contributed by atoms with Crippen molar-refractivity contribution < 1.29 is 24.5 Å². The molecular formula is C29H34N2O5.